The van der Waals surface area contributed by atoms with E-state index in [0.29, 0.717) is 18.8 Å². The Kier molecular flexibility index (Phi) is 3.69. The van der Waals surface area contributed by atoms with Gasteiger partial charge in [0.05, 0.1) is 12.7 Å². The summed E-state index contributed by atoms with van der Waals surface area (Å²) in [6.07, 6.45) is 8.41. The van der Waals surface area contributed by atoms with Gasteiger partial charge in [0.25, 0.3) is 0 Å². The molecule has 1 aliphatic rings. The molecule has 82 valence electrons. The van der Waals surface area contributed by atoms with E-state index in [1.54, 1.807) is 12.4 Å². The van der Waals surface area contributed by atoms with Crippen LogP contribution in [0.3, 0.4) is 0 Å². The molecule has 0 atom stereocenters. The lowest BCUT2D eigenvalue weighted by atomic mass is 9.94. The van der Waals surface area contributed by atoms with Crippen LogP contribution in [-0.2, 0) is 11.3 Å². The van der Waals surface area contributed by atoms with Crippen LogP contribution >= 0.6 is 0 Å². The van der Waals surface area contributed by atoms with Gasteiger partial charge in [-0.2, -0.15) is 0 Å². The third-order valence-corrected chi connectivity index (χ3v) is 2.95. The zero-order valence-corrected chi connectivity index (χ0v) is 8.93. The number of nitrogens with two attached hydrogens (primary N) is 1. The van der Waals surface area contributed by atoms with Gasteiger partial charge in [-0.3, -0.25) is 4.98 Å². The second kappa shape index (κ2) is 5.24. The highest BCUT2D eigenvalue weighted by atomic mass is 16.5. The Hall–Kier alpha value is -0.930. The Morgan fingerprint density at radius 2 is 1.87 bits per heavy atom. The van der Waals surface area contributed by atoms with E-state index in [4.69, 9.17) is 10.5 Å². The fourth-order valence-electron chi connectivity index (χ4n) is 1.95. The first-order chi connectivity index (χ1) is 7.34. The van der Waals surface area contributed by atoms with E-state index in [9.17, 15) is 0 Å². The number of hydrogen-bond acceptors (Lipinski definition) is 3. The maximum Gasteiger partial charge on any atom is 0.0721 e. The highest BCUT2D eigenvalue weighted by Crippen LogP contribution is 2.20. The summed E-state index contributed by atoms with van der Waals surface area (Å²) >= 11 is 0. The average molecular weight is 206 g/mol. The van der Waals surface area contributed by atoms with Crippen LogP contribution in [0, 0.1) is 0 Å². The van der Waals surface area contributed by atoms with Crippen molar-refractivity contribution in [2.45, 2.75) is 44.4 Å². The molecule has 0 radical (unpaired) electrons. The molecule has 3 nitrogen and oxygen atoms in total. The van der Waals surface area contributed by atoms with Crippen LogP contribution in [0.2, 0.25) is 0 Å². The van der Waals surface area contributed by atoms with Gasteiger partial charge in [0.15, 0.2) is 0 Å². The first kappa shape index (κ1) is 10.6. The predicted octanol–water partition coefficient (Wildman–Crippen LogP) is 1.87. The van der Waals surface area contributed by atoms with Crippen LogP contribution in [0.5, 0.6) is 0 Å². The fraction of sp³-hybridized carbons (Fsp3) is 0.583. The zero-order valence-electron chi connectivity index (χ0n) is 8.93. The monoisotopic (exact) mass is 206 g/mol. The van der Waals surface area contributed by atoms with Crippen molar-refractivity contribution in [1.29, 1.82) is 0 Å². The summed E-state index contributed by atoms with van der Waals surface area (Å²) in [6, 6.07) is 4.38. The summed E-state index contributed by atoms with van der Waals surface area (Å²) in [5.74, 6) is 0. The molecule has 1 aliphatic carbocycles. The maximum absolute atomic E-state index is 5.84. The van der Waals surface area contributed by atoms with Crippen molar-refractivity contribution in [3.63, 3.8) is 0 Å². The van der Waals surface area contributed by atoms with Crippen molar-refractivity contribution in [2.75, 3.05) is 0 Å². The maximum atomic E-state index is 5.84. The van der Waals surface area contributed by atoms with E-state index in [-0.39, 0.29) is 0 Å². The molecule has 0 unspecified atom stereocenters. The molecule has 1 heterocycles. The third-order valence-electron chi connectivity index (χ3n) is 2.95. The van der Waals surface area contributed by atoms with E-state index in [2.05, 4.69) is 4.98 Å². The topological polar surface area (TPSA) is 48.1 Å². The molecule has 3 heteroatoms. The van der Waals surface area contributed by atoms with Gasteiger partial charge < -0.3 is 10.5 Å². The van der Waals surface area contributed by atoms with Crippen molar-refractivity contribution in [3.8, 4) is 0 Å². The van der Waals surface area contributed by atoms with E-state index in [1.807, 2.05) is 12.1 Å². The number of ether oxygens (including phenoxy) is 1. The standard InChI is InChI=1S/C12H18N2O/c13-11-1-3-12(4-2-11)15-9-10-5-7-14-8-6-10/h5-8,11-12H,1-4,9,13H2. The van der Waals surface area contributed by atoms with Gasteiger partial charge in [0.1, 0.15) is 0 Å². The quantitative estimate of drug-likeness (QED) is 0.821. The molecule has 0 aliphatic heterocycles. The summed E-state index contributed by atoms with van der Waals surface area (Å²) < 4.78 is 5.83. The van der Waals surface area contributed by atoms with E-state index in [1.165, 1.54) is 5.56 Å². The number of rotatable bonds is 3. The SMILES string of the molecule is NC1CCC(OCc2ccncc2)CC1. The molecule has 2 rings (SSSR count). The molecule has 0 saturated heterocycles. The largest absolute Gasteiger partial charge is 0.374 e. The highest BCUT2D eigenvalue weighted by Gasteiger charge is 2.18. The number of nitrogens with zero attached hydrogens (tertiary/aromatic N) is 1. The Labute approximate surface area is 90.7 Å². The van der Waals surface area contributed by atoms with Crippen LogP contribution in [-0.4, -0.2) is 17.1 Å². The summed E-state index contributed by atoms with van der Waals surface area (Å²) in [7, 11) is 0. The van der Waals surface area contributed by atoms with Crippen molar-refractivity contribution in [1.82, 2.24) is 4.98 Å². The summed E-state index contributed by atoms with van der Waals surface area (Å²) in [5.41, 5.74) is 7.03. The fourth-order valence-corrected chi connectivity index (χ4v) is 1.95. The van der Waals surface area contributed by atoms with Gasteiger partial charge in [0, 0.05) is 18.4 Å². The van der Waals surface area contributed by atoms with Crippen molar-refractivity contribution < 1.29 is 4.74 Å². The lowest BCUT2D eigenvalue weighted by molar-refractivity contribution is 0.0138. The molecule has 1 fully saturated rings. The van der Waals surface area contributed by atoms with Crippen LogP contribution < -0.4 is 5.73 Å². The van der Waals surface area contributed by atoms with E-state index >= 15 is 0 Å². The summed E-state index contributed by atoms with van der Waals surface area (Å²) in [6.45, 7) is 0.697. The lowest BCUT2D eigenvalue weighted by Gasteiger charge is -2.26. The minimum Gasteiger partial charge on any atom is -0.374 e. The summed E-state index contributed by atoms with van der Waals surface area (Å²) in [4.78, 5) is 3.98. The van der Waals surface area contributed by atoms with Gasteiger partial charge in [0.2, 0.25) is 0 Å². The third kappa shape index (κ3) is 3.29. The van der Waals surface area contributed by atoms with Crippen molar-refractivity contribution in [3.05, 3.63) is 30.1 Å². The van der Waals surface area contributed by atoms with Crippen LogP contribution in [0.4, 0.5) is 0 Å². The zero-order chi connectivity index (χ0) is 10.5. The molecule has 1 saturated carbocycles. The first-order valence-electron chi connectivity index (χ1n) is 5.60. The van der Waals surface area contributed by atoms with E-state index in [0.717, 1.165) is 25.7 Å². The van der Waals surface area contributed by atoms with Crippen molar-refractivity contribution >= 4 is 0 Å². The Balaban J connectivity index is 1.74. The molecule has 1 aromatic heterocycles. The summed E-state index contributed by atoms with van der Waals surface area (Å²) in [5, 5.41) is 0. The first-order valence-corrected chi connectivity index (χ1v) is 5.60. The predicted molar refractivity (Wildman–Crippen MR) is 59.3 cm³/mol. The van der Waals surface area contributed by atoms with Gasteiger partial charge in [-0.1, -0.05) is 0 Å². The second-order valence-corrected chi connectivity index (χ2v) is 4.20. The molecule has 0 bridgehead atoms. The normalized spacial score (nSPS) is 26.5. The molecular formula is C12H18N2O. The minimum absolute atomic E-state index is 0.394. The van der Waals surface area contributed by atoms with E-state index < -0.39 is 0 Å². The van der Waals surface area contributed by atoms with Crippen LogP contribution in [0.15, 0.2) is 24.5 Å². The number of hydrogen-bond donors (Lipinski definition) is 1. The van der Waals surface area contributed by atoms with Gasteiger partial charge in [-0.15, -0.1) is 0 Å². The molecule has 0 spiro atoms. The van der Waals surface area contributed by atoms with Crippen molar-refractivity contribution in [2.24, 2.45) is 5.73 Å². The smallest absolute Gasteiger partial charge is 0.0721 e. The Morgan fingerprint density at radius 1 is 1.20 bits per heavy atom. The molecule has 2 N–H and O–H groups in total. The molecule has 0 amide bonds. The lowest BCUT2D eigenvalue weighted by Crippen LogP contribution is -2.30. The van der Waals surface area contributed by atoms with Gasteiger partial charge in [-0.05, 0) is 43.4 Å². The Bertz CT molecular complexity index is 281. The van der Waals surface area contributed by atoms with Gasteiger partial charge >= 0.3 is 0 Å². The van der Waals surface area contributed by atoms with Crippen LogP contribution in [0.1, 0.15) is 31.2 Å². The minimum atomic E-state index is 0.394. The van der Waals surface area contributed by atoms with Crippen LogP contribution in [0.25, 0.3) is 0 Å². The second-order valence-electron chi connectivity index (χ2n) is 4.20. The highest BCUT2D eigenvalue weighted by molar-refractivity contribution is 5.07. The number of aromatic nitrogens is 1. The number of pyridine rings is 1. The molecule has 15 heavy (non-hydrogen) atoms. The molecular weight excluding hydrogens is 188 g/mol. The molecule has 1 aromatic rings. The Morgan fingerprint density at radius 3 is 2.53 bits per heavy atom. The van der Waals surface area contributed by atoms with Gasteiger partial charge in [-0.25, -0.2) is 0 Å². The molecule has 0 aromatic carbocycles. The average Bonchev–Trinajstić information content (AvgIpc) is 2.30.